The highest BCUT2D eigenvalue weighted by Crippen LogP contribution is 2.21. The molecule has 1 aliphatic rings. The molecule has 1 N–H and O–H groups in total. The Kier molecular flexibility index (Phi) is 4.43. The van der Waals surface area contributed by atoms with Gasteiger partial charge in [0.2, 0.25) is 0 Å². The van der Waals surface area contributed by atoms with E-state index in [9.17, 15) is 0 Å². The van der Waals surface area contributed by atoms with Gasteiger partial charge in [0.25, 0.3) is 0 Å². The fraction of sp³-hybridized carbons (Fsp3) is 0.600. The van der Waals surface area contributed by atoms with Crippen LogP contribution in [0.2, 0.25) is 0 Å². The van der Waals surface area contributed by atoms with E-state index in [1.165, 1.54) is 36.9 Å². The minimum atomic E-state index is 0.800. The average Bonchev–Trinajstić information content (AvgIpc) is 2.36. The Bertz CT molecular complexity index is 356. The minimum Gasteiger partial charge on any atom is -0.493 e. The number of ether oxygens (including phenoxy) is 1. The zero-order valence-electron chi connectivity index (χ0n) is 11.0. The SMILES string of the molecule is Cc1cccc(OCC[C@@H]2CCCNC2)c1C. The summed E-state index contributed by atoms with van der Waals surface area (Å²) in [6.45, 7) is 7.46. The molecular weight excluding hydrogens is 210 g/mol. The molecular formula is C15H23NO. The number of hydrogen-bond acceptors (Lipinski definition) is 2. The molecule has 1 atom stereocenters. The topological polar surface area (TPSA) is 21.3 Å². The molecule has 0 bridgehead atoms. The van der Waals surface area contributed by atoms with Crippen LogP contribution in [0.4, 0.5) is 0 Å². The molecule has 1 saturated heterocycles. The molecule has 2 heteroatoms. The van der Waals surface area contributed by atoms with Gasteiger partial charge in [-0.2, -0.15) is 0 Å². The fourth-order valence-corrected chi connectivity index (χ4v) is 2.39. The van der Waals surface area contributed by atoms with Gasteiger partial charge in [-0.15, -0.1) is 0 Å². The Morgan fingerprint density at radius 3 is 3.00 bits per heavy atom. The van der Waals surface area contributed by atoms with Gasteiger partial charge in [0.05, 0.1) is 6.61 Å². The monoisotopic (exact) mass is 233 g/mol. The van der Waals surface area contributed by atoms with Gasteiger partial charge in [-0.1, -0.05) is 12.1 Å². The van der Waals surface area contributed by atoms with Gasteiger partial charge in [0.15, 0.2) is 0 Å². The molecule has 1 aromatic carbocycles. The number of benzene rings is 1. The third-order valence-electron chi connectivity index (χ3n) is 3.74. The highest BCUT2D eigenvalue weighted by atomic mass is 16.5. The van der Waals surface area contributed by atoms with Crippen LogP contribution in [0.15, 0.2) is 18.2 Å². The molecule has 1 aliphatic heterocycles. The van der Waals surface area contributed by atoms with E-state index < -0.39 is 0 Å². The number of rotatable bonds is 4. The summed E-state index contributed by atoms with van der Waals surface area (Å²) < 4.78 is 5.89. The van der Waals surface area contributed by atoms with E-state index in [1.54, 1.807) is 0 Å². The Morgan fingerprint density at radius 2 is 2.24 bits per heavy atom. The lowest BCUT2D eigenvalue weighted by Crippen LogP contribution is -2.30. The van der Waals surface area contributed by atoms with Crippen LogP contribution in [0.3, 0.4) is 0 Å². The summed E-state index contributed by atoms with van der Waals surface area (Å²) in [5.41, 5.74) is 2.58. The second-order valence-corrected chi connectivity index (χ2v) is 5.05. The summed E-state index contributed by atoms with van der Waals surface area (Å²) in [4.78, 5) is 0. The molecule has 94 valence electrons. The zero-order chi connectivity index (χ0) is 12.1. The standard InChI is InChI=1S/C15H23NO/c1-12-5-3-7-15(13(12)2)17-10-8-14-6-4-9-16-11-14/h3,5,7,14,16H,4,6,8-11H2,1-2H3/t14-/m0/s1. The first-order chi connectivity index (χ1) is 8.27. The lowest BCUT2D eigenvalue weighted by atomic mass is 9.97. The van der Waals surface area contributed by atoms with Crippen molar-refractivity contribution >= 4 is 0 Å². The van der Waals surface area contributed by atoms with Crippen molar-refractivity contribution in [3.05, 3.63) is 29.3 Å². The average molecular weight is 233 g/mol. The first-order valence-corrected chi connectivity index (χ1v) is 6.67. The quantitative estimate of drug-likeness (QED) is 0.863. The van der Waals surface area contributed by atoms with E-state index in [0.717, 1.165) is 24.8 Å². The van der Waals surface area contributed by atoms with E-state index in [4.69, 9.17) is 4.74 Å². The molecule has 0 aromatic heterocycles. The number of piperidine rings is 1. The first kappa shape index (κ1) is 12.4. The molecule has 2 nitrogen and oxygen atoms in total. The Balaban J connectivity index is 1.79. The van der Waals surface area contributed by atoms with Gasteiger partial charge in [-0.05, 0) is 69.3 Å². The minimum absolute atomic E-state index is 0.800. The van der Waals surface area contributed by atoms with Crippen molar-refractivity contribution in [1.82, 2.24) is 5.32 Å². The molecule has 0 amide bonds. The summed E-state index contributed by atoms with van der Waals surface area (Å²) in [6.07, 6.45) is 3.83. The van der Waals surface area contributed by atoms with E-state index in [2.05, 4.69) is 37.4 Å². The van der Waals surface area contributed by atoms with Crippen LogP contribution >= 0.6 is 0 Å². The molecule has 1 heterocycles. The van der Waals surface area contributed by atoms with Crippen LogP contribution in [-0.4, -0.2) is 19.7 Å². The maximum absolute atomic E-state index is 5.89. The van der Waals surface area contributed by atoms with Crippen molar-refractivity contribution in [1.29, 1.82) is 0 Å². The summed E-state index contributed by atoms with van der Waals surface area (Å²) in [5, 5.41) is 3.45. The third-order valence-corrected chi connectivity index (χ3v) is 3.74. The van der Waals surface area contributed by atoms with E-state index in [0.29, 0.717) is 0 Å². The molecule has 0 aliphatic carbocycles. The first-order valence-electron chi connectivity index (χ1n) is 6.67. The maximum Gasteiger partial charge on any atom is 0.122 e. The van der Waals surface area contributed by atoms with Crippen LogP contribution in [-0.2, 0) is 0 Å². The Labute approximate surface area is 104 Å². The van der Waals surface area contributed by atoms with Gasteiger partial charge in [0, 0.05) is 0 Å². The van der Waals surface area contributed by atoms with Crippen LogP contribution in [0, 0.1) is 19.8 Å². The number of aryl methyl sites for hydroxylation is 1. The van der Waals surface area contributed by atoms with E-state index in [1.807, 2.05) is 0 Å². The summed E-state index contributed by atoms with van der Waals surface area (Å²) in [6, 6.07) is 6.27. The van der Waals surface area contributed by atoms with Gasteiger partial charge in [-0.25, -0.2) is 0 Å². The predicted molar refractivity (Wildman–Crippen MR) is 71.6 cm³/mol. The van der Waals surface area contributed by atoms with Crippen molar-refractivity contribution in [2.75, 3.05) is 19.7 Å². The number of nitrogens with one attached hydrogen (secondary N) is 1. The molecule has 2 rings (SSSR count). The predicted octanol–water partition coefficient (Wildman–Crippen LogP) is 3.07. The normalized spacial score (nSPS) is 20.2. The summed E-state index contributed by atoms with van der Waals surface area (Å²) in [7, 11) is 0. The van der Waals surface area contributed by atoms with Crippen LogP contribution in [0.5, 0.6) is 5.75 Å². The van der Waals surface area contributed by atoms with Gasteiger partial charge in [-0.3, -0.25) is 0 Å². The molecule has 0 saturated carbocycles. The van der Waals surface area contributed by atoms with Crippen molar-refractivity contribution in [3.8, 4) is 5.75 Å². The molecule has 1 aromatic rings. The zero-order valence-corrected chi connectivity index (χ0v) is 11.0. The van der Waals surface area contributed by atoms with Crippen molar-refractivity contribution in [3.63, 3.8) is 0 Å². The smallest absolute Gasteiger partial charge is 0.122 e. The van der Waals surface area contributed by atoms with Crippen LogP contribution in [0.25, 0.3) is 0 Å². The Hall–Kier alpha value is -1.02. The van der Waals surface area contributed by atoms with Gasteiger partial charge >= 0.3 is 0 Å². The van der Waals surface area contributed by atoms with E-state index in [-0.39, 0.29) is 0 Å². The second kappa shape index (κ2) is 6.06. The molecule has 17 heavy (non-hydrogen) atoms. The number of hydrogen-bond donors (Lipinski definition) is 1. The maximum atomic E-state index is 5.89. The second-order valence-electron chi connectivity index (χ2n) is 5.05. The fourth-order valence-electron chi connectivity index (χ4n) is 2.39. The van der Waals surface area contributed by atoms with Crippen LogP contribution < -0.4 is 10.1 Å². The largest absolute Gasteiger partial charge is 0.493 e. The highest BCUT2D eigenvalue weighted by molar-refractivity contribution is 5.38. The van der Waals surface area contributed by atoms with E-state index >= 15 is 0 Å². The third kappa shape index (κ3) is 3.47. The van der Waals surface area contributed by atoms with Crippen LogP contribution in [0.1, 0.15) is 30.4 Å². The van der Waals surface area contributed by atoms with Crippen molar-refractivity contribution in [2.24, 2.45) is 5.92 Å². The van der Waals surface area contributed by atoms with Crippen molar-refractivity contribution < 1.29 is 4.74 Å². The lowest BCUT2D eigenvalue weighted by molar-refractivity contribution is 0.253. The summed E-state index contributed by atoms with van der Waals surface area (Å²) >= 11 is 0. The molecule has 0 spiro atoms. The van der Waals surface area contributed by atoms with Crippen molar-refractivity contribution in [2.45, 2.75) is 33.1 Å². The van der Waals surface area contributed by atoms with Gasteiger partial charge in [0.1, 0.15) is 5.75 Å². The molecule has 0 unspecified atom stereocenters. The summed E-state index contributed by atoms with van der Waals surface area (Å²) in [5.74, 6) is 1.85. The highest BCUT2D eigenvalue weighted by Gasteiger charge is 2.12. The lowest BCUT2D eigenvalue weighted by Gasteiger charge is -2.22. The Morgan fingerprint density at radius 1 is 1.35 bits per heavy atom. The molecule has 0 radical (unpaired) electrons. The van der Waals surface area contributed by atoms with Gasteiger partial charge < -0.3 is 10.1 Å². The molecule has 1 fully saturated rings.